The molecule has 98 valence electrons. The van der Waals surface area contributed by atoms with Crippen LogP contribution in [0.4, 0.5) is 0 Å². The van der Waals surface area contributed by atoms with Crippen LogP contribution in [0.5, 0.6) is 0 Å². The van der Waals surface area contributed by atoms with Crippen molar-refractivity contribution in [2.24, 2.45) is 0 Å². The van der Waals surface area contributed by atoms with Crippen LogP contribution in [0.25, 0.3) is 0 Å². The summed E-state index contributed by atoms with van der Waals surface area (Å²) in [5, 5.41) is 12.1. The summed E-state index contributed by atoms with van der Waals surface area (Å²) in [5.41, 5.74) is 0. The zero-order chi connectivity index (χ0) is 12.1. The Morgan fingerprint density at radius 2 is 2.06 bits per heavy atom. The van der Waals surface area contributed by atoms with Gasteiger partial charge in [-0.25, -0.2) is 0 Å². The van der Waals surface area contributed by atoms with Crippen molar-refractivity contribution in [2.75, 3.05) is 45.8 Å². The Labute approximate surface area is 103 Å². The van der Waals surface area contributed by atoms with Crippen LogP contribution < -0.4 is 5.32 Å². The third-order valence-electron chi connectivity index (χ3n) is 3.79. The molecular weight excluding hydrogens is 218 g/mol. The van der Waals surface area contributed by atoms with Crippen LogP contribution in [0, 0.1) is 0 Å². The fourth-order valence-electron chi connectivity index (χ4n) is 2.83. The Hall–Kier alpha value is -0.650. The van der Waals surface area contributed by atoms with Crippen molar-refractivity contribution in [3.63, 3.8) is 0 Å². The minimum atomic E-state index is -0.686. The minimum absolute atomic E-state index is 0.272. The SMILES string of the molecule is O=C(O)CCN1CCCC(N2CCNCC2)C1. The first-order valence-corrected chi connectivity index (χ1v) is 6.64. The van der Waals surface area contributed by atoms with Crippen molar-refractivity contribution in [2.45, 2.75) is 25.3 Å². The number of nitrogens with one attached hydrogen (secondary N) is 1. The molecule has 0 bridgehead atoms. The second-order valence-corrected chi connectivity index (χ2v) is 5.03. The van der Waals surface area contributed by atoms with Crippen LogP contribution in [0.3, 0.4) is 0 Å². The number of hydrogen-bond donors (Lipinski definition) is 2. The standard InChI is InChI=1S/C12H23N3O2/c16-12(17)3-7-14-6-1-2-11(10-14)15-8-4-13-5-9-15/h11,13H,1-10H2,(H,16,17). The van der Waals surface area contributed by atoms with Gasteiger partial charge in [0.2, 0.25) is 0 Å². The molecule has 2 fully saturated rings. The van der Waals surface area contributed by atoms with Gasteiger partial charge in [0.05, 0.1) is 6.42 Å². The zero-order valence-corrected chi connectivity index (χ0v) is 10.4. The van der Waals surface area contributed by atoms with Gasteiger partial charge >= 0.3 is 5.97 Å². The largest absolute Gasteiger partial charge is 0.481 e. The number of carboxylic acid groups (broad SMARTS) is 1. The lowest BCUT2D eigenvalue weighted by Crippen LogP contribution is -2.54. The fourth-order valence-corrected chi connectivity index (χ4v) is 2.83. The van der Waals surface area contributed by atoms with E-state index in [1.807, 2.05) is 0 Å². The Balaban J connectivity index is 1.77. The van der Waals surface area contributed by atoms with Gasteiger partial charge in [-0.15, -0.1) is 0 Å². The predicted octanol–water partition coefficient (Wildman–Crippen LogP) is -0.169. The number of nitrogens with zero attached hydrogens (tertiary/aromatic N) is 2. The van der Waals surface area contributed by atoms with Crippen molar-refractivity contribution < 1.29 is 9.90 Å². The number of carboxylic acids is 1. The van der Waals surface area contributed by atoms with Gasteiger partial charge in [0.1, 0.15) is 0 Å². The summed E-state index contributed by atoms with van der Waals surface area (Å²) in [7, 11) is 0. The summed E-state index contributed by atoms with van der Waals surface area (Å²) in [6.45, 7) is 7.27. The second-order valence-electron chi connectivity index (χ2n) is 5.03. The Morgan fingerprint density at radius 1 is 1.29 bits per heavy atom. The normalized spacial score (nSPS) is 28.1. The minimum Gasteiger partial charge on any atom is -0.481 e. The molecular formula is C12H23N3O2. The maximum absolute atomic E-state index is 10.6. The van der Waals surface area contributed by atoms with Crippen LogP contribution in [-0.2, 0) is 4.79 Å². The molecule has 2 N–H and O–H groups in total. The molecule has 0 aliphatic carbocycles. The Bertz CT molecular complexity index is 254. The van der Waals surface area contributed by atoms with Gasteiger partial charge in [0.25, 0.3) is 0 Å². The van der Waals surface area contributed by atoms with Crippen molar-refractivity contribution in [3.05, 3.63) is 0 Å². The van der Waals surface area contributed by atoms with Crippen LogP contribution in [0.1, 0.15) is 19.3 Å². The molecule has 2 rings (SSSR count). The van der Waals surface area contributed by atoms with E-state index < -0.39 is 5.97 Å². The molecule has 5 heteroatoms. The Morgan fingerprint density at radius 3 is 2.76 bits per heavy atom. The molecule has 0 spiro atoms. The first-order valence-electron chi connectivity index (χ1n) is 6.64. The van der Waals surface area contributed by atoms with Crippen LogP contribution in [-0.4, -0.2) is 72.7 Å². The van der Waals surface area contributed by atoms with Crippen molar-refractivity contribution in [3.8, 4) is 0 Å². The highest BCUT2D eigenvalue weighted by Gasteiger charge is 2.26. The lowest BCUT2D eigenvalue weighted by atomic mass is 10.0. The molecule has 1 unspecified atom stereocenters. The first kappa shape index (κ1) is 12.8. The number of carbonyl (C=O) groups is 1. The van der Waals surface area contributed by atoms with Crippen molar-refractivity contribution in [1.29, 1.82) is 0 Å². The molecule has 2 aliphatic heterocycles. The summed E-state index contributed by atoms with van der Waals surface area (Å²) in [6.07, 6.45) is 2.74. The topological polar surface area (TPSA) is 55.8 Å². The maximum atomic E-state index is 10.6. The van der Waals surface area contributed by atoms with E-state index in [0.717, 1.165) is 39.3 Å². The van der Waals surface area contributed by atoms with E-state index in [0.29, 0.717) is 12.6 Å². The third-order valence-corrected chi connectivity index (χ3v) is 3.79. The Kier molecular flexibility index (Phi) is 4.76. The average Bonchev–Trinajstić information content (AvgIpc) is 2.38. The highest BCUT2D eigenvalue weighted by Crippen LogP contribution is 2.16. The van der Waals surface area contributed by atoms with Gasteiger partial charge in [0, 0.05) is 45.3 Å². The number of piperidine rings is 1. The zero-order valence-electron chi connectivity index (χ0n) is 10.4. The third kappa shape index (κ3) is 3.94. The number of rotatable bonds is 4. The molecule has 5 nitrogen and oxygen atoms in total. The van der Waals surface area contributed by atoms with Gasteiger partial charge in [-0.05, 0) is 19.4 Å². The number of likely N-dealkylation sites (tertiary alicyclic amines) is 1. The molecule has 2 saturated heterocycles. The van der Waals surface area contributed by atoms with E-state index in [9.17, 15) is 4.79 Å². The van der Waals surface area contributed by atoms with Crippen molar-refractivity contribution >= 4 is 5.97 Å². The lowest BCUT2D eigenvalue weighted by molar-refractivity contribution is -0.137. The molecule has 17 heavy (non-hydrogen) atoms. The summed E-state index contributed by atoms with van der Waals surface area (Å²) >= 11 is 0. The quantitative estimate of drug-likeness (QED) is 0.716. The molecule has 2 heterocycles. The molecule has 0 amide bonds. The van der Waals surface area contributed by atoms with E-state index in [2.05, 4.69) is 15.1 Å². The first-order chi connectivity index (χ1) is 8.25. The molecule has 1 atom stereocenters. The van der Waals surface area contributed by atoms with Gasteiger partial charge in [-0.3, -0.25) is 9.69 Å². The van der Waals surface area contributed by atoms with Crippen LogP contribution >= 0.6 is 0 Å². The van der Waals surface area contributed by atoms with Gasteiger partial charge in [-0.2, -0.15) is 0 Å². The number of hydrogen-bond acceptors (Lipinski definition) is 4. The molecule has 0 aromatic carbocycles. The van der Waals surface area contributed by atoms with Gasteiger partial charge in [-0.1, -0.05) is 0 Å². The summed E-state index contributed by atoms with van der Waals surface area (Å²) in [6, 6.07) is 0.639. The second kappa shape index (κ2) is 6.33. The van der Waals surface area contributed by atoms with E-state index >= 15 is 0 Å². The summed E-state index contributed by atoms with van der Waals surface area (Å²) in [4.78, 5) is 15.4. The number of piperazine rings is 1. The highest BCUT2D eigenvalue weighted by molar-refractivity contribution is 5.66. The fraction of sp³-hybridized carbons (Fsp3) is 0.917. The molecule has 0 saturated carbocycles. The maximum Gasteiger partial charge on any atom is 0.304 e. The van der Waals surface area contributed by atoms with E-state index in [1.165, 1.54) is 12.8 Å². The predicted molar refractivity (Wildman–Crippen MR) is 66.2 cm³/mol. The highest BCUT2D eigenvalue weighted by atomic mass is 16.4. The average molecular weight is 241 g/mol. The van der Waals surface area contributed by atoms with E-state index in [-0.39, 0.29) is 6.42 Å². The van der Waals surface area contributed by atoms with Gasteiger partial charge in [0.15, 0.2) is 0 Å². The molecule has 0 aromatic heterocycles. The molecule has 0 aromatic rings. The smallest absolute Gasteiger partial charge is 0.304 e. The van der Waals surface area contributed by atoms with Gasteiger partial charge < -0.3 is 15.3 Å². The van der Waals surface area contributed by atoms with Crippen LogP contribution in [0.2, 0.25) is 0 Å². The van der Waals surface area contributed by atoms with E-state index in [1.54, 1.807) is 0 Å². The lowest BCUT2D eigenvalue weighted by Gasteiger charge is -2.41. The van der Waals surface area contributed by atoms with Crippen molar-refractivity contribution in [1.82, 2.24) is 15.1 Å². The summed E-state index contributed by atoms with van der Waals surface area (Å²) < 4.78 is 0. The van der Waals surface area contributed by atoms with E-state index in [4.69, 9.17) is 5.11 Å². The molecule has 2 aliphatic rings. The summed E-state index contributed by atoms with van der Waals surface area (Å²) in [5.74, 6) is -0.686. The monoisotopic (exact) mass is 241 g/mol. The van der Waals surface area contributed by atoms with Crippen LogP contribution in [0.15, 0.2) is 0 Å². The molecule has 0 radical (unpaired) electrons. The number of aliphatic carboxylic acids is 1.